The van der Waals surface area contributed by atoms with E-state index in [1.54, 1.807) is 6.20 Å². The molecular weight excluding hydrogens is 372 g/mol. The predicted molar refractivity (Wildman–Crippen MR) is 111 cm³/mol. The van der Waals surface area contributed by atoms with Gasteiger partial charge < -0.3 is 10.2 Å². The molecule has 6 nitrogen and oxygen atoms in total. The van der Waals surface area contributed by atoms with Gasteiger partial charge in [-0.25, -0.2) is 9.97 Å². The fourth-order valence-corrected chi connectivity index (χ4v) is 5.18. The number of aromatic nitrogens is 2. The molecule has 1 aliphatic heterocycles. The first kappa shape index (κ1) is 19.1. The van der Waals surface area contributed by atoms with Crippen molar-refractivity contribution in [3.05, 3.63) is 28.5 Å². The number of amides is 1. The highest BCUT2D eigenvalue weighted by molar-refractivity contribution is 7.17. The number of nitrogens with one attached hydrogen (secondary N) is 1. The standard InChI is InChI=1S/C21H26N4O2S/c1-13-10-17(23-15-7-3-4-8-15)22-11-16(13)20-19(24-18(12-26)28-20)21(27)25-9-5-6-14(25)2/h10-12,14-15H,3-9H2,1-2H3,(H,22,23)/t14-/m0/s1. The van der Waals surface area contributed by atoms with Crippen LogP contribution >= 0.6 is 11.3 Å². The second-order valence-electron chi connectivity index (χ2n) is 7.85. The first-order valence-corrected chi connectivity index (χ1v) is 10.9. The van der Waals surface area contributed by atoms with Crippen molar-refractivity contribution in [2.24, 2.45) is 0 Å². The van der Waals surface area contributed by atoms with Gasteiger partial charge in [0.2, 0.25) is 0 Å². The van der Waals surface area contributed by atoms with Crippen LogP contribution in [0.15, 0.2) is 12.3 Å². The van der Waals surface area contributed by atoms with E-state index in [9.17, 15) is 9.59 Å². The highest BCUT2D eigenvalue weighted by atomic mass is 32.1. The summed E-state index contributed by atoms with van der Waals surface area (Å²) in [6, 6.07) is 2.73. The van der Waals surface area contributed by atoms with Crippen molar-refractivity contribution in [1.82, 2.24) is 14.9 Å². The molecule has 2 aliphatic rings. The van der Waals surface area contributed by atoms with Gasteiger partial charge in [-0.3, -0.25) is 9.59 Å². The Bertz CT molecular complexity index is 889. The third kappa shape index (κ3) is 3.68. The number of aldehydes is 1. The number of hydrogen-bond donors (Lipinski definition) is 1. The van der Waals surface area contributed by atoms with Gasteiger partial charge in [0.1, 0.15) is 11.5 Å². The van der Waals surface area contributed by atoms with Crippen LogP contribution in [-0.2, 0) is 0 Å². The summed E-state index contributed by atoms with van der Waals surface area (Å²) >= 11 is 1.27. The van der Waals surface area contributed by atoms with Gasteiger partial charge in [-0.2, -0.15) is 0 Å². The van der Waals surface area contributed by atoms with Crippen molar-refractivity contribution < 1.29 is 9.59 Å². The van der Waals surface area contributed by atoms with Crippen molar-refractivity contribution in [3.8, 4) is 10.4 Å². The van der Waals surface area contributed by atoms with Gasteiger partial charge in [-0.1, -0.05) is 12.8 Å². The zero-order valence-electron chi connectivity index (χ0n) is 16.4. The first-order chi connectivity index (χ1) is 13.6. The van der Waals surface area contributed by atoms with Crippen molar-refractivity contribution in [2.75, 3.05) is 11.9 Å². The fraction of sp³-hybridized carbons (Fsp3) is 0.524. The van der Waals surface area contributed by atoms with E-state index in [4.69, 9.17) is 0 Å². The number of hydrogen-bond acceptors (Lipinski definition) is 6. The van der Waals surface area contributed by atoms with Crippen molar-refractivity contribution in [2.45, 2.75) is 64.5 Å². The topological polar surface area (TPSA) is 75.2 Å². The lowest BCUT2D eigenvalue weighted by molar-refractivity contribution is 0.0743. The lowest BCUT2D eigenvalue weighted by Crippen LogP contribution is -2.34. The average molecular weight is 399 g/mol. The van der Waals surface area contributed by atoms with E-state index in [-0.39, 0.29) is 11.9 Å². The lowest BCUT2D eigenvalue weighted by atomic mass is 10.1. The van der Waals surface area contributed by atoms with E-state index in [0.717, 1.165) is 47.5 Å². The normalized spacial score (nSPS) is 19.9. The summed E-state index contributed by atoms with van der Waals surface area (Å²) < 4.78 is 0. The summed E-state index contributed by atoms with van der Waals surface area (Å²) in [7, 11) is 0. The quantitative estimate of drug-likeness (QED) is 0.760. The van der Waals surface area contributed by atoms with Gasteiger partial charge in [0.25, 0.3) is 5.91 Å². The number of pyridine rings is 1. The molecule has 0 aromatic carbocycles. The molecule has 7 heteroatoms. The molecule has 1 amide bonds. The molecular formula is C21H26N4O2S. The minimum Gasteiger partial charge on any atom is -0.367 e. The molecule has 0 radical (unpaired) electrons. The van der Waals surface area contributed by atoms with Gasteiger partial charge in [0, 0.05) is 30.4 Å². The molecule has 1 saturated heterocycles. The van der Waals surface area contributed by atoms with Crippen molar-refractivity contribution in [3.63, 3.8) is 0 Å². The molecule has 1 aliphatic carbocycles. The summed E-state index contributed by atoms with van der Waals surface area (Å²) in [5.41, 5.74) is 2.28. The van der Waals surface area contributed by atoms with E-state index < -0.39 is 0 Å². The molecule has 0 bridgehead atoms. The van der Waals surface area contributed by atoms with Crippen molar-refractivity contribution in [1.29, 1.82) is 0 Å². The largest absolute Gasteiger partial charge is 0.367 e. The minimum absolute atomic E-state index is 0.0862. The average Bonchev–Trinajstić information content (AvgIpc) is 3.42. The smallest absolute Gasteiger partial charge is 0.274 e. The Morgan fingerprint density at radius 1 is 1.29 bits per heavy atom. The summed E-state index contributed by atoms with van der Waals surface area (Å²) in [5.74, 6) is 0.784. The number of nitrogens with zero attached hydrogens (tertiary/aromatic N) is 3. The Labute approximate surface area is 169 Å². The molecule has 148 valence electrons. The third-order valence-electron chi connectivity index (χ3n) is 5.82. The Hall–Kier alpha value is -2.28. The number of carbonyl (C=O) groups is 2. The van der Waals surface area contributed by atoms with Gasteiger partial charge >= 0.3 is 0 Å². The van der Waals surface area contributed by atoms with Crippen LogP contribution in [0.2, 0.25) is 0 Å². The molecule has 1 saturated carbocycles. The van der Waals surface area contributed by atoms with Gasteiger partial charge in [0.15, 0.2) is 11.3 Å². The second kappa shape index (κ2) is 7.99. The minimum atomic E-state index is -0.0862. The zero-order chi connectivity index (χ0) is 19.7. The summed E-state index contributed by atoms with van der Waals surface area (Å²) in [6.07, 6.45) is 9.45. The van der Waals surface area contributed by atoms with E-state index in [2.05, 4.69) is 22.2 Å². The maximum absolute atomic E-state index is 13.1. The van der Waals surface area contributed by atoms with Crippen LogP contribution < -0.4 is 5.32 Å². The Morgan fingerprint density at radius 3 is 2.71 bits per heavy atom. The van der Waals surface area contributed by atoms with Crippen LogP contribution in [0.25, 0.3) is 10.4 Å². The zero-order valence-corrected chi connectivity index (χ0v) is 17.2. The molecule has 1 atom stereocenters. The second-order valence-corrected chi connectivity index (χ2v) is 8.88. The first-order valence-electron chi connectivity index (χ1n) is 10.1. The number of aryl methyl sites for hydroxylation is 1. The van der Waals surface area contributed by atoms with Gasteiger partial charge in [-0.05, 0) is 51.2 Å². The molecule has 28 heavy (non-hydrogen) atoms. The maximum Gasteiger partial charge on any atom is 0.274 e. The van der Waals surface area contributed by atoms with Crippen LogP contribution in [-0.4, -0.2) is 45.7 Å². The summed E-state index contributed by atoms with van der Waals surface area (Å²) in [5, 5.41) is 3.84. The van der Waals surface area contributed by atoms with E-state index in [1.165, 1.54) is 37.0 Å². The van der Waals surface area contributed by atoms with Gasteiger partial charge in [0.05, 0.1) is 4.88 Å². The van der Waals surface area contributed by atoms with E-state index in [0.29, 0.717) is 16.7 Å². The molecule has 4 rings (SSSR count). The molecule has 1 N–H and O–H groups in total. The molecule has 2 fully saturated rings. The Kier molecular flexibility index (Phi) is 5.44. The molecule has 2 aromatic heterocycles. The number of rotatable bonds is 5. The predicted octanol–water partition coefficient (Wildman–Crippen LogP) is 4.31. The van der Waals surface area contributed by atoms with E-state index in [1.807, 2.05) is 17.9 Å². The molecule has 0 unspecified atom stereocenters. The molecule has 0 spiro atoms. The summed E-state index contributed by atoms with van der Waals surface area (Å²) in [6.45, 7) is 4.83. The molecule has 2 aromatic rings. The fourth-order valence-electron chi connectivity index (χ4n) is 4.24. The number of anilines is 1. The van der Waals surface area contributed by atoms with E-state index >= 15 is 0 Å². The lowest BCUT2D eigenvalue weighted by Gasteiger charge is -2.21. The number of carbonyl (C=O) groups excluding carboxylic acids is 2. The summed E-state index contributed by atoms with van der Waals surface area (Å²) in [4.78, 5) is 36.0. The van der Waals surface area contributed by atoms with Gasteiger partial charge in [-0.15, -0.1) is 11.3 Å². The van der Waals surface area contributed by atoms with Crippen LogP contribution in [0.3, 0.4) is 0 Å². The van der Waals surface area contributed by atoms with Crippen molar-refractivity contribution >= 4 is 29.3 Å². The highest BCUT2D eigenvalue weighted by Crippen LogP contribution is 2.35. The third-order valence-corrected chi connectivity index (χ3v) is 6.84. The van der Waals surface area contributed by atoms with Crippen LogP contribution in [0.5, 0.6) is 0 Å². The van der Waals surface area contributed by atoms with Crippen LogP contribution in [0, 0.1) is 6.92 Å². The Morgan fingerprint density at radius 2 is 2.07 bits per heavy atom. The number of likely N-dealkylation sites (tertiary alicyclic amines) is 1. The highest BCUT2D eigenvalue weighted by Gasteiger charge is 2.30. The monoisotopic (exact) mass is 398 g/mol. The number of thiazole rings is 1. The Balaban J connectivity index is 1.65. The SMILES string of the molecule is Cc1cc(NC2CCCC2)ncc1-c1sc(C=O)nc1C(=O)N1CCC[C@@H]1C. The van der Waals surface area contributed by atoms with Crippen LogP contribution in [0.1, 0.15) is 71.3 Å². The maximum atomic E-state index is 13.1. The van der Waals surface area contributed by atoms with Crippen LogP contribution in [0.4, 0.5) is 5.82 Å². The molecule has 3 heterocycles.